The Morgan fingerprint density at radius 3 is 2.73 bits per heavy atom. The predicted molar refractivity (Wildman–Crippen MR) is 104 cm³/mol. The van der Waals surface area contributed by atoms with E-state index in [-0.39, 0.29) is 54.7 Å². The first-order valence-corrected chi connectivity index (χ1v) is 10.6. The third-order valence-electron chi connectivity index (χ3n) is 5.40. The van der Waals surface area contributed by atoms with Crippen molar-refractivity contribution < 1.29 is 41.1 Å². The molecule has 1 aromatic carbocycles. The lowest BCUT2D eigenvalue weighted by Crippen LogP contribution is -2.43. The number of carbonyl (C=O) groups is 1. The summed E-state index contributed by atoms with van der Waals surface area (Å²) in [4.78, 5) is 16.3. The lowest BCUT2D eigenvalue weighted by atomic mass is 9.82. The summed E-state index contributed by atoms with van der Waals surface area (Å²) in [5, 5.41) is 6.58. The molecule has 2 aliphatic rings. The summed E-state index contributed by atoms with van der Waals surface area (Å²) in [7, 11) is 0. The van der Waals surface area contributed by atoms with Crippen molar-refractivity contribution in [3.63, 3.8) is 0 Å². The van der Waals surface area contributed by atoms with Gasteiger partial charge in [-0.15, -0.1) is 13.2 Å². The zero-order valence-electron chi connectivity index (χ0n) is 17.1. The van der Waals surface area contributed by atoms with Gasteiger partial charge in [0, 0.05) is 12.0 Å². The first kappa shape index (κ1) is 23.7. The van der Waals surface area contributed by atoms with Crippen LogP contribution in [0.25, 0.3) is 0 Å². The number of nitrogens with zero attached hydrogens (tertiary/aromatic N) is 2. The van der Waals surface area contributed by atoms with Crippen LogP contribution >= 0.6 is 11.6 Å². The minimum absolute atomic E-state index is 0.0403. The number of carbonyl (C=O) groups excluding carboxylic acids is 1. The molecule has 2 atom stereocenters. The van der Waals surface area contributed by atoms with E-state index >= 15 is 0 Å². The number of amides is 1. The van der Waals surface area contributed by atoms with Crippen molar-refractivity contribution in [3.8, 4) is 5.75 Å². The monoisotopic (exact) mass is 493 g/mol. The molecule has 2 aromatic rings. The van der Waals surface area contributed by atoms with E-state index in [2.05, 4.69) is 20.2 Å². The molecule has 180 valence electrons. The van der Waals surface area contributed by atoms with Gasteiger partial charge in [-0.05, 0) is 37.8 Å². The highest BCUT2D eigenvalue weighted by atomic mass is 35.5. The number of ether oxygens (including phenoxy) is 3. The fourth-order valence-corrected chi connectivity index (χ4v) is 3.77. The zero-order chi connectivity index (χ0) is 23.6. The third-order valence-corrected chi connectivity index (χ3v) is 5.70. The summed E-state index contributed by atoms with van der Waals surface area (Å²) in [6.07, 6.45) is -4.59. The molecule has 13 heteroatoms. The molecule has 0 spiro atoms. The van der Waals surface area contributed by atoms with Gasteiger partial charge in [-0.25, -0.2) is 4.39 Å². The molecular formula is C20H20ClF4N3O5. The van der Waals surface area contributed by atoms with Crippen LogP contribution in [0.2, 0.25) is 5.02 Å². The van der Waals surface area contributed by atoms with Gasteiger partial charge in [0.05, 0.1) is 23.8 Å². The molecule has 2 heterocycles. The Balaban J connectivity index is 1.18. The van der Waals surface area contributed by atoms with E-state index in [0.717, 1.165) is 6.07 Å². The number of rotatable bonds is 7. The number of aromatic nitrogens is 2. The topological polar surface area (TPSA) is 95.7 Å². The number of nitrogens with one attached hydrogen (secondary N) is 1. The summed E-state index contributed by atoms with van der Waals surface area (Å²) in [6.45, 7) is -0.0942. The van der Waals surface area contributed by atoms with Crippen molar-refractivity contribution in [2.24, 2.45) is 0 Å². The fourth-order valence-electron chi connectivity index (χ4n) is 3.65. The van der Waals surface area contributed by atoms with E-state index in [1.54, 1.807) is 0 Å². The number of alkyl halides is 3. The summed E-state index contributed by atoms with van der Waals surface area (Å²) in [6, 6.07) is 3.63. The second kappa shape index (κ2) is 9.82. The SMILES string of the molecule is O=C(COc1ccc(Cl)c(F)c1)N[C@H]1CC[C@H](c2nc(C3CC(OC(F)(F)F)C3)no2)OC1. The van der Waals surface area contributed by atoms with Crippen LogP contribution in [0.4, 0.5) is 17.6 Å². The normalized spacial score (nSPS) is 25.4. The molecule has 0 radical (unpaired) electrons. The molecule has 1 amide bonds. The van der Waals surface area contributed by atoms with Gasteiger partial charge in [-0.3, -0.25) is 9.53 Å². The van der Waals surface area contributed by atoms with Gasteiger partial charge in [0.1, 0.15) is 17.7 Å². The zero-order valence-corrected chi connectivity index (χ0v) is 17.9. The van der Waals surface area contributed by atoms with Crippen LogP contribution in [0.15, 0.2) is 22.7 Å². The molecule has 4 rings (SSSR count). The van der Waals surface area contributed by atoms with Crippen LogP contribution in [-0.2, 0) is 14.3 Å². The Hall–Kier alpha value is -2.44. The minimum Gasteiger partial charge on any atom is -0.484 e. The Morgan fingerprint density at radius 1 is 1.27 bits per heavy atom. The first-order chi connectivity index (χ1) is 15.7. The van der Waals surface area contributed by atoms with E-state index in [9.17, 15) is 22.4 Å². The molecule has 1 aromatic heterocycles. The summed E-state index contributed by atoms with van der Waals surface area (Å²) in [5.41, 5.74) is 0. The summed E-state index contributed by atoms with van der Waals surface area (Å²) >= 11 is 5.60. The Morgan fingerprint density at radius 2 is 2.06 bits per heavy atom. The lowest BCUT2D eigenvalue weighted by molar-refractivity contribution is -0.352. The third kappa shape index (κ3) is 6.33. The van der Waals surface area contributed by atoms with Gasteiger partial charge in [0.25, 0.3) is 11.8 Å². The highest BCUT2D eigenvalue weighted by molar-refractivity contribution is 6.30. The standard InChI is InChI=1S/C20H20ClF4N3O5/c21-14-3-2-12(7-15(14)22)30-9-17(29)26-11-1-4-16(31-8-11)19-27-18(28-33-19)10-5-13(6-10)32-20(23,24)25/h2-3,7,10-11,13,16H,1,4-6,8-9H2,(H,26,29)/t10?,11-,13?,16+/m0/s1. The van der Waals surface area contributed by atoms with Crippen molar-refractivity contribution in [2.75, 3.05) is 13.2 Å². The van der Waals surface area contributed by atoms with E-state index in [1.165, 1.54) is 12.1 Å². The number of halogens is 5. The molecule has 1 aliphatic heterocycles. The smallest absolute Gasteiger partial charge is 0.484 e. The van der Waals surface area contributed by atoms with Crippen LogP contribution in [0, 0.1) is 5.82 Å². The Labute approximate surface area is 190 Å². The predicted octanol–water partition coefficient (Wildman–Crippen LogP) is 4.06. The van der Waals surface area contributed by atoms with Crippen LogP contribution in [-0.4, -0.2) is 47.8 Å². The van der Waals surface area contributed by atoms with E-state index in [1.807, 2.05) is 0 Å². The molecule has 0 bridgehead atoms. The Bertz CT molecular complexity index is 975. The molecule has 1 N–H and O–H groups in total. The second-order valence-electron chi connectivity index (χ2n) is 7.87. The highest BCUT2D eigenvalue weighted by Gasteiger charge is 2.42. The van der Waals surface area contributed by atoms with Crippen LogP contribution in [0.3, 0.4) is 0 Å². The molecule has 0 unspecified atom stereocenters. The average Bonchev–Trinajstić information content (AvgIpc) is 3.21. The van der Waals surface area contributed by atoms with Crippen LogP contribution < -0.4 is 10.1 Å². The quantitative estimate of drug-likeness (QED) is 0.581. The maximum absolute atomic E-state index is 13.4. The van der Waals surface area contributed by atoms with Crippen molar-refractivity contribution in [1.29, 1.82) is 0 Å². The summed E-state index contributed by atoms with van der Waals surface area (Å²) in [5.74, 6) is -0.512. The molecule has 1 aliphatic carbocycles. The molecular weight excluding hydrogens is 474 g/mol. The van der Waals surface area contributed by atoms with Gasteiger partial charge < -0.3 is 19.3 Å². The van der Waals surface area contributed by atoms with Crippen molar-refractivity contribution >= 4 is 17.5 Å². The van der Waals surface area contributed by atoms with Gasteiger partial charge in [0.15, 0.2) is 12.4 Å². The highest BCUT2D eigenvalue weighted by Crippen LogP contribution is 2.40. The van der Waals surface area contributed by atoms with Crippen LogP contribution in [0.5, 0.6) is 5.75 Å². The molecule has 1 saturated heterocycles. The molecule has 8 nitrogen and oxygen atoms in total. The van der Waals surface area contributed by atoms with Crippen LogP contribution in [0.1, 0.15) is 49.4 Å². The van der Waals surface area contributed by atoms with Crippen molar-refractivity contribution in [2.45, 2.75) is 56.2 Å². The van der Waals surface area contributed by atoms with Crippen molar-refractivity contribution in [1.82, 2.24) is 15.5 Å². The first-order valence-electron chi connectivity index (χ1n) is 10.2. The van der Waals surface area contributed by atoms with E-state index in [0.29, 0.717) is 18.7 Å². The fraction of sp³-hybridized carbons (Fsp3) is 0.550. The number of benzene rings is 1. The average molecular weight is 494 g/mol. The van der Waals surface area contributed by atoms with Crippen molar-refractivity contribution in [3.05, 3.63) is 40.8 Å². The minimum atomic E-state index is -4.65. The van der Waals surface area contributed by atoms with Gasteiger partial charge in [-0.2, -0.15) is 4.98 Å². The van der Waals surface area contributed by atoms with E-state index in [4.69, 9.17) is 25.6 Å². The number of hydrogen-bond acceptors (Lipinski definition) is 7. The summed E-state index contributed by atoms with van der Waals surface area (Å²) < 4.78 is 70.2. The van der Waals surface area contributed by atoms with E-state index < -0.39 is 30.3 Å². The Kier molecular flexibility index (Phi) is 7.05. The largest absolute Gasteiger partial charge is 0.522 e. The van der Waals surface area contributed by atoms with Gasteiger partial charge in [-0.1, -0.05) is 16.8 Å². The lowest BCUT2D eigenvalue weighted by Gasteiger charge is -2.33. The molecule has 2 fully saturated rings. The maximum Gasteiger partial charge on any atom is 0.522 e. The van der Waals surface area contributed by atoms with Gasteiger partial charge >= 0.3 is 6.36 Å². The van der Waals surface area contributed by atoms with Gasteiger partial charge in [0.2, 0.25) is 0 Å². The number of hydrogen-bond donors (Lipinski definition) is 1. The molecule has 1 saturated carbocycles. The second-order valence-corrected chi connectivity index (χ2v) is 8.28. The molecule has 33 heavy (non-hydrogen) atoms. The maximum atomic E-state index is 13.4.